The van der Waals surface area contributed by atoms with Gasteiger partial charge >= 0.3 is 0 Å². The van der Waals surface area contributed by atoms with Crippen LogP contribution < -0.4 is 0 Å². The van der Waals surface area contributed by atoms with Gasteiger partial charge in [0.05, 0.1) is 0 Å². The summed E-state index contributed by atoms with van der Waals surface area (Å²) in [5.74, 6) is 1.13. The van der Waals surface area contributed by atoms with E-state index in [0.29, 0.717) is 11.8 Å². The van der Waals surface area contributed by atoms with E-state index in [0.717, 1.165) is 44.5 Å². The fourth-order valence-corrected chi connectivity index (χ4v) is 7.27. The highest BCUT2D eigenvalue weighted by Crippen LogP contribution is 2.50. The molecule has 4 nitrogen and oxygen atoms in total. The molecule has 0 unspecified atom stereocenters. The zero-order chi connectivity index (χ0) is 33.5. The normalized spacial score (nSPS) is 13.6. The summed E-state index contributed by atoms with van der Waals surface area (Å²) in [6, 6.07) is 44.8. The molecule has 0 amide bonds. The van der Waals surface area contributed by atoms with Crippen LogP contribution in [-0.4, -0.2) is 9.97 Å². The minimum Gasteiger partial charge on any atom is -0.436 e. The summed E-state index contributed by atoms with van der Waals surface area (Å²) in [4.78, 5) is 9.61. The lowest BCUT2D eigenvalue weighted by Crippen LogP contribution is -2.17. The SMILES string of the molecule is CC(C)(C)c1ccc2c(c1)C(C)(C)c1cc(-c3ccc(-c4cc(-c5nc6ccccc6o5)cc(-c5nc6ccccc6o5)c4)cc3)ccc1-2. The molecule has 6 aromatic carbocycles. The summed E-state index contributed by atoms with van der Waals surface area (Å²) in [6.45, 7) is 11.6. The van der Waals surface area contributed by atoms with Gasteiger partial charge in [0, 0.05) is 16.5 Å². The lowest BCUT2D eigenvalue weighted by molar-refractivity contribution is 0.584. The van der Waals surface area contributed by atoms with Gasteiger partial charge in [0.2, 0.25) is 11.8 Å². The van der Waals surface area contributed by atoms with E-state index in [9.17, 15) is 0 Å². The molecule has 2 aromatic heterocycles. The first kappa shape index (κ1) is 29.4. The van der Waals surface area contributed by atoms with Crippen molar-refractivity contribution in [3.8, 4) is 56.3 Å². The Kier molecular flexibility index (Phi) is 6.38. The molecular formula is C45H36N2O2. The van der Waals surface area contributed by atoms with Crippen LogP contribution in [-0.2, 0) is 10.8 Å². The Morgan fingerprint density at radius 3 is 1.49 bits per heavy atom. The van der Waals surface area contributed by atoms with Crippen LogP contribution >= 0.6 is 0 Å². The molecule has 1 aliphatic rings. The third-order valence-corrected chi connectivity index (χ3v) is 10.1. The minimum atomic E-state index is -0.0753. The summed E-state index contributed by atoms with van der Waals surface area (Å²) < 4.78 is 12.4. The maximum absolute atomic E-state index is 6.21. The van der Waals surface area contributed by atoms with E-state index in [1.807, 2.05) is 54.6 Å². The number of hydrogen-bond acceptors (Lipinski definition) is 4. The largest absolute Gasteiger partial charge is 0.436 e. The van der Waals surface area contributed by atoms with Gasteiger partial charge in [0.15, 0.2) is 11.2 Å². The first-order valence-corrected chi connectivity index (χ1v) is 16.9. The Bertz CT molecular complexity index is 2400. The second kappa shape index (κ2) is 10.6. The molecule has 8 aromatic rings. The predicted molar refractivity (Wildman–Crippen MR) is 200 cm³/mol. The van der Waals surface area contributed by atoms with E-state index < -0.39 is 0 Å². The van der Waals surface area contributed by atoms with Crippen molar-refractivity contribution in [2.45, 2.75) is 45.4 Å². The van der Waals surface area contributed by atoms with E-state index in [1.165, 1.54) is 38.9 Å². The third-order valence-electron chi connectivity index (χ3n) is 10.1. The summed E-state index contributed by atoms with van der Waals surface area (Å²) >= 11 is 0. The second-order valence-electron chi connectivity index (χ2n) is 14.7. The summed E-state index contributed by atoms with van der Waals surface area (Å²) in [5, 5.41) is 0. The van der Waals surface area contributed by atoms with Crippen molar-refractivity contribution >= 4 is 22.2 Å². The molecule has 0 saturated heterocycles. The molecule has 0 saturated carbocycles. The van der Waals surface area contributed by atoms with Gasteiger partial charge in [-0.15, -0.1) is 0 Å². The Hall–Kier alpha value is -5.74. The van der Waals surface area contributed by atoms with Gasteiger partial charge in [0.25, 0.3) is 0 Å². The quantitative estimate of drug-likeness (QED) is 0.193. The number of benzene rings is 6. The number of rotatable bonds is 4. The molecular weight excluding hydrogens is 601 g/mol. The lowest BCUT2D eigenvalue weighted by atomic mass is 9.78. The van der Waals surface area contributed by atoms with E-state index >= 15 is 0 Å². The number of fused-ring (bicyclic) bond motifs is 5. The van der Waals surface area contributed by atoms with Gasteiger partial charge in [-0.1, -0.05) is 113 Å². The van der Waals surface area contributed by atoms with Crippen LogP contribution in [0.25, 0.3) is 78.5 Å². The zero-order valence-corrected chi connectivity index (χ0v) is 28.3. The van der Waals surface area contributed by atoms with Crippen molar-refractivity contribution in [1.29, 1.82) is 0 Å². The number of para-hydroxylation sites is 4. The van der Waals surface area contributed by atoms with Crippen molar-refractivity contribution in [2.24, 2.45) is 0 Å². The topological polar surface area (TPSA) is 52.1 Å². The molecule has 49 heavy (non-hydrogen) atoms. The molecule has 0 atom stereocenters. The molecule has 0 spiro atoms. The van der Waals surface area contributed by atoms with Gasteiger partial charge in [0.1, 0.15) is 11.0 Å². The summed E-state index contributed by atoms with van der Waals surface area (Å²) in [7, 11) is 0. The molecule has 0 fully saturated rings. The Labute approximate surface area is 286 Å². The van der Waals surface area contributed by atoms with Gasteiger partial charge in [-0.3, -0.25) is 0 Å². The highest BCUT2D eigenvalue weighted by atomic mass is 16.4. The number of nitrogens with zero attached hydrogens (tertiary/aromatic N) is 2. The average molecular weight is 637 g/mol. The molecule has 0 bridgehead atoms. The Morgan fingerprint density at radius 2 is 0.939 bits per heavy atom. The van der Waals surface area contributed by atoms with E-state index in [1.54, 1.807) is 0 Å². The highest BCUT2D eigenvalue weighted by molar-refractivity contribution is 5.86. The Balaban J connectivity index is 1.10. The van der Waals surface area contributed by atoms with E-state index in [-0.39, 0.29) is 10.8 Å². The minimum absolute atomic E-state index is 0.0753. The van der Waals surface area contributed by atoms with Crippen LogP contribution in [0.5, 0.6) is 0 Å². The first-order chi connectivity index (χ1) is 23.6. The fraction of sp³-hybridized carbons (Fsp3) is 0.156. The van der Waals surface area contributed by atoms with Crippen molar-refractivity contribution in [3.05, 3.63) is 144 Å². The predicted octanol–water partition coefficient (Wildman–Crippen LogP) is 12.2. The number of oxazole rings is 2. The van der Waals surface area contributed by atoms with Crippen LogP contribution in [0.2, 0.25) is 0 Å². The smallest absolute Gasteiger partial charge is 0.227 e. The van der Waals surface area contributed by atoms with Crippen LogP contribution in [0.1, 0.15) is 51.3 Å². The third kappa shape index (κ3) is 4.90. The average Bonchev–Trinajstić information content (AvgIpc) is 3.81. The molecule has 2 heterocycles. The van der Waals surface area contributed by atoms with Gasteiger partial charge < -0.3 is 8.83 Å². The van der Waals surface area contributed by atoms with Crippen LogP contribution in [0.15, 0.2) is 136 Å². The van der Waals surface area contributed by atoms with Crippen molar-refractivity contribution in [1.82, 2.24) is 9.97 Å². The van der Waals surface area contributed by atoms with Crippen LogP contribution in [0.3, 0.4) is 0 Å². The summed E-state index contributed by atoms with van der Waals surface area (Å²) in [5.41, 5.74) is 16.3. The summed E-state index contributed by atoms with van der Waals surface area (Å²) in [6.07, 6.45) is 0. The molecule has 4 heteroatoms. The maximum Gasteiger partial charge on any atom is 0.227 e. The highest BCUT2D eigenvalue weighted by Gasteiger charge is 2.36. The molecule has 0 N–H and O–H groups in total. The van der Waals surface area contributed by atoms with Gasteiger partial charge in [-0.25, -0.2) is 9.97 Å². The Morgan fingerprint density at radius 1 is 0.469 bits per heavy atom. The monoisotopic (exact) mass is 636 g/mol. The second-order valence-corrected chi connectivity index (χ2v) is 14.7. The van der Waals surface area contributed by atoms with E-state index in [2.05, 4.69) is 107 Å². The molecule has 0 aliphatic heterocycles. The van der Waals surface area contributed by atoms with Gasteiger partial charge in [-0.05, 0) is 104 Å². The first-order valence-electron chi connectivity index (χ1n) is 16.9. The fourth-order valence-electron chi connectivity index (χ4n) is 7.27. The van der Waals surface area contributed by atoms with Crippen molar-refractivity contribution in [2.75, 3.05) is 0 Å². The standard InChI is InChI=1S/C45H36N2O2/c1-44(2,3)33-19-21-35-34-20-18-29(25-36(34)45(4,5)37(35)26-33)27-14-16-28(17-15-27)30-22-31(42-46-38-10-6-8-12-40(38)48-42)24-32(23-30)43-47-39-11-7-9-13-41(39)49-43/h6-26H,1-5H3. The molecule has 0 radical (unpaired) electrons. The van der Waals surface area contributed by atoms with E-state index in [4.69, 9.17) is 18.8 Å². The van der Waals surface area contributed by atoms with Gasteiger partial charge in [-0.2, -0.15) is 0 Å². The lowest BCUT2D eigenvalue weighted by Gasteiger charge is -2.25. The van der Waals surface area contributed by atoms with Crippen LogP contribution in [0, 0.1) is 0 Å². The molecule has 238 valence electrons. The van der Waals surface area contributed by atoms with Crippen LogP contribution in [0.4, 0.5) is 0 Å². The number of hydrogen-bond donors (Lipinski definition) is 0. The molecule has 1 aliphatic carbocycles. The maximum atomic E-state index is 6.21. The molecule has 9 rings (SSSR count). The number of aromatic nitrogens is 2. The van der Waals surface area contributed by atoms with Crippen molar-refractivity contribution < 1.29 is 8.83 Å². The van der Waals surface area contributed by atoms with Crippen molar-refractivity contribution in [3.63, 3.8) is 0 Å². The zero-order valence-electron chi connectivity index (χ0n) is 28.3.